The van der Waals surface area contributed by atoms with Crippen molar-refractivity contribution in [3.8, 4) is 0 Å². The summed E-state index contributed by atoms with van der Waals surface area (Å²) in [6, 6.07) is 5.28. The van der Waals surface area contributed by atoms with E-state index in [-0.39, 0.29) is 17.7 Å². The molecule has 30 heavy (non-hydrogen) atoms. The number of hydrogen-bond donors (Lipinski definition) is 2. The fraction of sp³-hybridized carbons (Fsp3) is 0.609. The van der Waals surface area contributed by atoms with Gasteiger partial charge in [0, 0.05) is 43.1 Å². The van der Waals surface area contributed by atoms with Crippen molar-refractivity contribution in [3.63, 3.8) is 0 Å². The van der Waals surface area contributed by atoms with Gasteiger partial charge in [-0.3, -0.25) is 14.4 Å². The van der Waals surface area contributed by atoms with Gasteiger partial charge in [-0.15, -0.1) is 0 Å². The Kier molecular flexibility index (Phi) is 6.68. The second-order valence-corrected chi connectivity index (χ2v) is 9.45. The number of hydrogen-bond acceptors (Lipinski definition) is 4. The maximum atomic E-state index is 13.0. The maximum absolute atomic E-state index is 13.0. The van der Waals surface area contributed by atoms with Crippen LogP contribution in [0.2, 0.25) is 0 Å². The predicted molar refractivity (Wildman–Crippen MR) is 118 cm³/mol. The van der Waals surface area contributed by atoms with Gasteiger partial charge in [0.15, 0.2) is 0 Å². The lowest BCUT2D eigenvalue weighted by molar-refractivity contribution is -0.142. The Balaban J connectivity index is 1.70. The summed E-state index contributed by atoms with van der Waals surface area (Å²) in [5.74, 6) is -0.592. The number of carbonyl (C=O) groups excluding carboxylic acids is 3. The molecule has 2 aliphatic rings. The van der Waals surface area contributed by atoms with Gasteiger partial charge in [-0.2, -0.15) is 0 Å². The van der Waals surface area contributed by atoms with Gasteiger partial charge in [0.05, 0.1) is 11.4 Å². The summed E-state index contributed by atoms with van der Waals surface area (Å²) in [5.41, 5.74) is 7.02. The summed E-state index contributed by atoms with van der Waals surface area (Å²) in [7, 11) is 0. The lowest BCUT2D eigenvalue weighted by Gasteiger charge is -2.35. The molecule has 0 aliphatic carbocycles. The molecule has 7 heteroatoms. The second kappa shape index (κ2) is 9.06. The average Bonchev–Trinajstić information content (AvgIpc) is 2.73. The summed E-state index contributed by atoms with van der Waals surface area (Å²) in [6.07, 6.45) is 4.73. The first kappa shape index (κ1) is 22.1. The zero-order valence-electron chi connectivity index (χ0n) is 18.4. The molecule has 1 aromatic rings. The third-order valence-corrected chi connectivity index (χ3v) is 6.03. The molecule has 0 unspecified atom stereocenters. The Labute approximate surface area is 179 Å². The Morgan fingerprint density at radius 3 is 2.20 bits per heavy atom. The lowest BCUT2D eigenvalue weighted by atomic mass is 9.90. The molecule has 0 radical (unpaired) electrons. The average molecular weight is 415 g/mol. The first-order valence-corrected chi connectivity index (χ1v) is 11.0. The molecule has 2 aliphatic heterocycles. The van der Waals surface area contributed by atoms with E-state index in [1.165, 1.54) is 6.42 Å². The van der Waals surface area contributed by atoms with Crippen LogP contribution >= 0.6 is 0 Å². The van der Waals surface area contributed by atoms with Crippen molar-refractivity contribution >= 4 is 29.1 Å². The molecular weight excluding hydrogens is 380 g/mol. The number of carbonyl (C=O) groups is 3. The minimum atomic E-state index is -0.510. The minimum Gasteiger partial charge on any atom is -0.370 e. The van der Waals surface area contributed by atoms with Crippen molar-refractivity contribution in [1.82, 2.24) is 4.90 Å². The van der Waals surface area contributed by atoms with E-state index in [1.54, 1.807) is 12.1 Å². The van der Waals surface area contributed by atoms with Crippen LogP contribution in [0.25, 0.3) is 0 Å². The van der Waals surface area contributed by atoms with Crippen molar-refractivity contribution in [2.45, 2.75) is 52.9 Å². The number of nitrogens with two attached hydrogens (primary N) is 1. The molecule has 7 nitrogen and oxygen atoms in total. The number of primary amides is 1. The molecule has 2 heterocycles. The van der Waals surface area contributed by atoms with E-state index < -0.39 is 11.3 Å². The molecule has 3 N–H and O–H groups in total. The molecule has 0 atom stereocenters. The highest BCUT2D eigenvalue weighted by molar-refractivity contribution is 6.00. The van der Waals surface area contributed by atoms with E-state index in [9.17, 15) is 14.4 Å². The summed E-state index contributed by atoms with van der Waals surface area (Å²) in [6.45, 7) is 8.81. The lowest BCUT2D eigenvalue weighted by Crippen LogP contribution is -2.45. The fourth-order valence-electron chi connectivity index (χ4n) is 4.25. The predicted octanol–water partition coefficient (Wildman–Crippen LogP) is 3.00. The zero-order valence-corrected chi connectivity index (χ0v) is 18.4. The number of likely N-dealkylation sites (tertiary alicyclic amines) is 1. The van der Waals surface area contributed by atoms with Gasteiger partial charge in [0.2, 0.25) is 17.7 Å². The molecule has 0 bridgehead atoms. The number of amides is 3. The van der Waals surface area contributed by atoms with Gasteiger partial charge >= 0.3 is 0 Å². The molecule has 0 saturated carbocycles. The van der Waals surface area contributed by atoms with Crippen LogP contribution in [0, 0.1) is 11.3 Å². The van der Waals surface area contributed by atoms with Crippen molar-refractivity contribution in [1.29, 1.82) is 0 Å². The third-order valence-electron chi connectivity index (χ3n) is 6.03. The van der Waals surface area contributed by atoms with Crippen molar-refractivity contribution in [2.24, 2.45) is 17.1 Å². The number of rotatable bonds is 4. The van der Waals surface area contributed by atoms with E-state index in [2.05, 4.69) is 10.2 Å². The van der Waals surface area contributed by atoms with Crippen LogP contribution in [-0.4, -0.2) is 48.8 Å². The van der Waals surface area contributed by atoms with Crippen LogP contribution in [0.3, 0.4) is 0 Å². The van der Waals surface area contributed by atoms with Crippen LogP contribution < -0.4 is 16.0 Å². The molecule has 2 saturated heterocycles. The molecule has 1 aromatic carbocycles. The molecule has 2 fully saturated rings. The van der Waals surface area contributed by atoms with Crippen LogP contribution in [-0.2, 0) is 9.59 Å². The first-order valence-electron chi connectivity index (χ1n) is 11.0. The SMILES string of the molecule is CC(C)(C)C(=O)N1CCC(C(=O)Nc2cc(C(N)=O)ccc2N2CCCCC2)CC1. The monoisotopic (exact) mass is 414 g/mol. The summed E-state index contributed by atoms with van der Waals surface area (Å²) >= 11 is 0. The topological polar surface area (TPSA) is 95.7 Å². The fourth-order valence-corrected chi connectivity index (χ4v) is 4.25. The molecule has 3 amide bonds. The summed E-state index contributed by atoms with van der Waals surface area (Å²) < 4.78 is 0. The Morgan fingerprint density at radius 2 is 1.63 bits per heavy atom. The third kappa shape index (κ3) is 5.12. The van der Waals surface area contributed by atoms with Gasteiger partial charge in [-0.25, -0.2) is 0 Å². The Bertz CT molecular complexity index is 801. The second-order valence-electron chi connectivity index (χ2n) is 9.45. The van der Waals surface area contributed by atoms with Crippen LogP contribution in [0.5, 0.6) is 0 Å². The van der Waals surface area contributed by atoms with Crippen molar-refractivity contribution in [3.05, 3.63) is 23.8 Å². The largest absolute Gasteiger partial charge is 0.370 e. The first-order chi connectivity index (χ1) is 14.2. The normalized spacial score (nSPS) is 18.2. The highest BCUT2D eigenvalue weighted by Gasteiger charge is 2.32. The van der Waals surface area contributed by atoms with Crippen LogP contribution in [0.1, 0.15) is 63.2 Å². The maximum Gasteiger partial charge on any atom is 0.248 e. The Hall–Kier alpha value is -2.57. The van der Waals surface area contributed by atoms with Gasteiger partial charge in [0.25, 0.3) is 0 Å². The number of anilines is 2. The molecular formula is C23H34N4O3. The molecule has 0 spiro atoms. The van der Waals surface area contributed by atoms with E-state index in [0.29, 0.717) is 37.2 Å². The van der Waals surface area contributed by atoms with Crippen molar-refractivity contribution in [2.75, 3.05) is 36.4 Å². The quantitative estimate of drug-likeness (QED) is 0.792. The molecule has 3 rings (SSSR count). The number of piperidine rings is 2. The van der Waals surface area contributed by atoms with Crippen LogP contribution in [0.15, 0.2) is 18.2 Å². The summed E-state index contributed by atoms with van der Waals surface area (Å²) in [5, 5.41) is 3.06. The zero-order chi connectivity index (χ0) is 21.9. The highest BCUT2D eigenvalue weighted by atomic mass is 16.2. The van der Waals surface area contributed by atoms with E-state index in [4.69, 9.17) is 5.73 Å². The molecule has 164 valence electrons. The standard InChI is InChI=1S/C23H34N4O3/c1-23(2,3)22(30)27-13-9-16(10-14-27)21(29)25-18-15-17(20(24)28)7-8-19(18)26-11-5-4-6-12-26/h7-8,15-16H,4-6,9-14H2,1-3H3,(H2,24,28)(H,25,29). The number of nitrogens with one attached hydrogen (secondary N) is 1. The van der Waals surface area contributed by atoms with Gasteiger partial charge in [-0.1, -0.05) is 20.8 Å². The summed E-state index contributed by atoms with van der Waals surface area (Å²) in [4.78, 5) is 41.3. The number of nitrogens with zero attached hydrogens (tertiary/aromatic N) is 2. The molecule has 0 aromatic heterocycles. The van der Waals surface area contributed by atoms with Gasteiger partial charge in [0.1, 0.15) is 0 Å². The minimum absolute atomic E-state index is 0.0577. The number of benzene rings is 1. The van der Waals surface area contributed by atoms with E-state index in [0.717, 1.165) is 31.6 Å². The van der Waals surface area contributed by atoms with Crippen molar-refractivity contribution < 1.29 is 14.4 Å². The smallest absolute Gasteiger partial charge is 0.248 e. The van der Waals surface area contributed by atoms with Gasteiger partial charge in [-0.05, 0) is 50.3 Å². The Morgan fingerprint density at radius 1 is 1.00 bits per heavy atom. The highest BCUT2D eigenvalue weighted by Crippen LogP contribution is 2.31. The van der Waals surface area contributed by atoms with Gasteiger partial charge < -0.3 is 20.9 Å². The van der Waals surface area contributed by atoms with Crippen LogP contribution in [0.4, 0.5) is 11.4 Å². The van der Waals surface area contributed by atoms with E-state index in [1.807, 2.05) is 31.7 Å². The van der Waals surface area contributed by atoms with E-state index >= 15 is 0 Å².